The fraction of sp³-hybridized carbons (Fsp3) is 0.600. The minimum absolute atomic E-state index is 0.00432. The van der Waals surface area contributed by atoms with E-state index in [-0.39, 0.29) is 18.4 Å². The molecule has 1 unspecified atom stereocenters. The average molecular weight is 315 g/mol. The van der Waals surface area contributed by atoms with Crippen molar-refractivity contribution in [3.63, 3.8) is 0 Å². The Morgan fingerprint density at radius 2 is 1.95 bits per heavy atom. The summed E-state index contributed by atoms with van der Waals surface area (Å²) >= 11 is 0. The normalized spacial score (nSPS) is 13.0. The van der Waals surface area contributed by atoms with Gasteiger partial charge in [-0.3, -0.25) is 0 Å². The monoisotopic (exact) mass is 315 g/mol. The molecule has 21 heavy (non-hydrogen) atoms. The molecule has 1 aromatic rings. The van der Waals surface area contributed by atoms with E-state index >= 15 is 0 Å². The molecule has 0 heterocycles. The Morgan fingerprint density at radius 1 is 1.24 bits per heavy atom. The molecule has 0 aliphatic rings. The SMILES string of the molecule is CCCOc1ccc(CC(C)N)c(OCCS(C)(=O)=O)c1. The molecular formula is C15H25NO4S. The predicted octanol–water partition coefficient (Wildman–Crippen LogP) is 1.79. The molecule has 0 amide bonds. The maximum atomic E-state index is 11.2. The van der Waals surface area contributed by atoms with Crippen LogP contribution >= 0.6 is 0 Å². The third-order valence-electron chi connectivity index (χ3n) is 2.77. The fourth-order valence-corrected chi connectivity index (χ4v) is 2.18. The van der Waals surface area contributed by atoms with Crippen molar-refractivity contribution < 1.29 is 17.9 Å². The zero-order chi connectivity index (χ0) is 15.9. The van der Waals surface area contributed by atoms with Crippen LogP contribution in [0.5, 0.6) is 11.5 Å². The van der Waals surface area contributed by atoms with Gasteiger partial charge in [0, 0.05) is 18.4 Å². The van der Waals surface area contributed by atoms with Crippen LogP contribution in [0.15, 0.2) is 18.2 Å². The van der Waals surface area contributed by atoms with Gasteiger partial charge in [0.1, 0.15) is 18.1 Å². The molecular weight excluding hydrogens is 290 g/mol. The number of ether oxygens (including phenoxy) is 2. The lowest BCUT2D eigenvalue weighted by molar-refractivity contribution is 0.307. The number of benzene rings is 1. The van der Waals surface area contributed by atoms with Crippen molar-refractivity contribution >= 4 is 9.84 Å². The van der Waals surface area contributed by atoms with Gasteiger partial charge in [0.05, 0.1) is 12.4 Å². The van der Waals surface area contributed by atoms with Gasteiger partial charge >= 0.3 is 0 Å². The molecule has 0 saturated carbocycles. The van der Waals surface area contributed by atoms with Gasteiger partial charge in [-0.15, -0.1) is 0 Å². The fourth-order valence-electron chi connectivity index (χ4n) is 1.80. The van der Waals surface area contributed by atoms with E-state index < -0.39 is 9.84 Å². The highest BCUT2D eigenvalue weighted by Crippen LogP contribution is 2.26. The molecule has 1 aromatic carbocycles. The molecule has 0 aromatic heterocycles. The topological polar surface area (TPSA) is 78.6 Å². The third kappa shape index (κ3) is 7.34. The number of nitrogens with two attached hydrogens (primary N) is 1. The summed E-state index contributed by atoms with van der Waals surface area (Å²) in [6.45, 7) is 4.72. The van der Waals surface area contributed by atoms with E-state index in [1.165, 1.54) is 6.26 Å². The van der Waals surface area contributed by atoms with Gasteiger partial charge in [0.25, 0.3) is 0 Å². The van der Waals surface area contributed by atoms with Crippen LogP contribution in [-0.4, -0.2) is 39.7 Å². The average Bonchev–Trinajstić information content (AvgIpc) is 2.36. The summed E-state index contributed by atoms with van der Waals surface area (Å²) in [5.74, 6) is 1.36. The van der Waals surface area contributed by atoms with Gasteiger partial charge < -0.3 is 15.2 Å². The van der Waals surface area contributed by atoms with Crippen LogP contribution in [0.1, 0.15) is 25.8 Å². The van der Waals surface area contributed by atoms with Gasteiger partial charge in [0.15, 0.2) is 9.84 Å². The van der Waals surface area contributed by atoms with Crippen LogP contribution in [0.2, 0.25) is 0 Å². The standard InChI is InChI=1S/C15H25NO4S/c1-4-7-19-14-6-5-13(10-12(2)16)15(11-14)20-8-9-21(3,17)18/h5-6,11-12H,4,7-10,16H2,1-3H3. The summed E-state index contributed by atoms with van der Waals surface area (Å²) in [7, 11) is -3.04. The highest BCUT2D eigenvalue weighted by Gasteiger charge is 2.10. The predicted molar refractivity (Wildman–Crippen MR) is 84.8 cm³/mol. The van der Waals surface area contributed by atoms with Crippen LogP contribution in [0.25, 0.3) is 0 Å². The van der Waals surface area contributed by atoms with Crippen molar-refractivity contribution in [2.75, 3.05) is 25.2 Å². The minimum Gasteiger partial charge on any atom is -0.493 e. The van der Waals surface area contributed by atoms with Gasteiger partial charge in [-0.25, -0.2) is 8.42 Å². The van der Waals surface area contributed by atoms with Crippen LogP contribution in [-0.2, 0) is 16.3 Å². The molecule has 0 aliphatic carbocycles. The largest absolute Gasteiger partial charge is 0.493 e. The summed E-state index contributed by atoms with van der Waals surface area (Å²) < 4.78 is 33.5. The highest BCUT2D eigenvalue weighted by molar-refractivity contribution is 7.90. The second kappa shape index (κ2) is 8.24. The molecule has 0 spiro atoms. The van der Waals surface area contributed by atoms with E-state index in [1.54, 1.807) is 6.07 Å². The van der Waals surface area contributed by atoms with Crippen molar-refractivity contribution in [2.24, 2.45) is 5.73 Å². The first-order valence-corrected chi connectivity index (χ1v) is 9.19. The minimum atomic E-state index is -3.04. The zero-order valence-electron chi connectivity index (χ0n) is 13.0. The summed E-state index contributed by atoms with van der Waals surface area (Å²) in [5, 5.41) is 0. The molecule has 0 bridgehead atoms. The van der Waals surface area contributed by atoms with Crippen molar-refractivity contribution in [3.8, 4) is 11.5 Å². The summed E-state index contributed by atoms with van der Waals surface area (Å²) in [5.41, 5.74) is 6.79. The summed E-state index contributed by atoms with van der Waals surface area (Å²) in [6.07, 6.45) is 2.79. The number of sulfone groups is 1. The molecule has 0 radical (unpaired) electrons. The Hall–Kier alpha value is -1.27. The smallest absolute Gasteiger partial charge is 0.150 e. The van der Waals surface area contributed by atoms with Crippen LogP contribution in [0.3, 0.4) is 0 Å². The van der Waals surface area contributed by atoms with E-state index in [4.69, 9.17) is 15.2 Å². The molecule has 120 valence electrons. The lowest BCUT2D eigenvalue weighted by Gasteiger charge is -2.15. The molecule has 1 atom stereocenters. The Morgan fingerprint density at radius 3 is 2.52 bits per heavy atom. The highest BCUT2D eigenvalue weighted by atomic mass is 32.2. The second-order valence-corrected chi connectivity index (χ2v) is 7.54. The maximum Gasteiger partial charge on any atom is 0.150 e. The van der Waals surface area contributed by atoms with Crippen LogP contribution in [0, 0.1) is 0 Å². The van der Waals surface area contributed by atoms with Gasteiger partial charge in [-0.2, -0.15) is 0 Å². The van der Waals surface area contributed by atoms with Crippen LogP contribution in [0.4, 0.5) is 0 Å². The van der Waals surface area contributed by atoms with Crippen molar-refractivity contribution in [1.29, 1.82) is 0 Å². The Balaban J connectivity index is 2.82. The quantitative estimate of drug-likeness (QED) is 0.751. The third-order valence-corrected chi connectivity index (χ3v) is 3.67. The van der Waals surface area contributed by atoms with Crippen molar-refractivity contribution in [3.05, 3.63) is 23.8 Å². The molecule has 0 aliphatic heterocycles. The number of rotatable bonds is 9. The lowest BCUT2D eigenvalue weighted by Crippen LogP contribution is -2.19. The van der Waals surface area contributed by atoms with Gasteiger partial charge in [-0.1, -0.05) is 13.0 Å². The van der Waals surface area contributed by atoms with E-state index in [9.17, 15) is 8.42 Å². The number of hydrogen-bond donors (Lipinski definition) is 1. The molecule has 0 fully saturated rings. The van der Waals surface area contributed by atoms with E-state index in [2.05, 4.69) is 0 Å². The van der Waals surface area contributed by atoms with E-state index in [0.29, 0.717) is 18.8 Å². The second-order valence-electron chi connectivity index (χ2n) is 5.28. The Bertz CT molecular complexity index is 541. The van der Waals surface area contributed by atoms with E-state index in [0.717, 1.165) is 17.7 Å². The summed E-state index contributed by atoms with van der Waals surface area (Å²) in [6, 6.07) is 5.61. The maximum absolute atomic E-state index is 11.2. The van der Waals surface area contributed by atoms with Crippen molar-refractivity contribution in [2.45, 2.75) is 32.7 Å². The molecule has 1 rings (SSSR count). The van der Waals surface area contributed by atoms with E-state index in [1.807, 2.05) is 26.0 Å². The first-order valence-electron chi connectivity index (χ1n) is 7.13. The molecule has 6 heteroatoms. The first-order chi connectivity index (χ1) is 9.81. The van der Waals surface area contributed by atoms with Crippen molar-refractivity contribution in [1.82, 2.24) is 0 Å². The first kappa shape index (κ1) is 17.8. The lowest BCUT2D eigenvalue weighted by atomic mass is 10.1. The molecule has 2 N–H and O–H groups in total. The summed E-state index contributed by atoms with van der Waals surface area (Å²) in [4.78, 5) is 0. The van der Waals surface area contributed by atoms with Gasteiger partial charge in [0.2, 0.25) is 0 Å². The Kier molecular flexibility index (Phi) is 6.98. The zero-order valence-corrected chi connectivity index (χ0v) is 13.8. The molecule has 5 nitrogen and oxygen atoms in total. The van der Waals surface area contributed by atoms with Crippen LogP contribution < -0.4 is 15.2 Å². The Labute approximate surface area is 127 Å². The number of hydrogen-bond acceptors (Lipinski definition) is 5. The van der Waals surface area contributed by atoms with Gasteiger partial charge in [-0.05, 0) is 31.4 Å². The molecule has 0 saturated heterocycles.